The number of hydrogen-bond acceptors (Lipinski definition) is 7. The molecule has 0 saturated carbocycles. The predicted molar refractivity (Wildman–Crippen MR) is 116 cm³/mol. The second-order valence-corrected chi connectivity index (χ2v) is 8.29. The van der Waals surface area contributed by atoms with Gasteiger partial charge in [0, 0.05) is 18.3 Å². The zero-order valence-corrected chi connectivity index (χ0v) is 18.6. The number of aromatic nitrogens is 1. The first-order chi connectivity index (χ1) is 15.1. The number of carboxylic acid groups (broad SMARTS) is 1. The highest BCUT2D eigenvalue weighted by Gasteiger charge is 2.24. The normalized spacial score (nSPS) is 11.9. The van der Waals surface area contributed by atoms with E-state index in [9.17, 15) is 14.4 Å². The van der Waals surface area contributed by atoms with Gasteiger partial charge in [-0.3, -0.25) is 4.79 Å². The average molecular weight is 444 g/mol. The molecule has 0 spiro atoms. The van der Waals surface area contributed by atoms with Gasteiger partial charge >= 0.3 is 11.9 Å². The Morgan fingerprint density at radius 2 is 1.84 bits per heavy atom. The number of rotatable bonds is 10. The Bertz CT molecular complexity index is 936. The number of ether oxygens (including phenoxy) is 3. The number of methoxy groups -OCH3 is 1. The molecule has 172 valence electrons. The number of carboxylic acids is 1. The van der Waals surface area contributed by atoms with Gasteiger partial charge in [0.15, 0.2) is 6.61 Å². The Morgan fingerprint density at radius 1 is 1.12 bits per heavy atom. The molecule has 0 fully saturated rings. The van der Waals surface area contributed by atoms with Crippen LogP contribution in [0.4, 0.5) is 0 Å². The first-order valence-electron chi connectivity index (χ1n) is 10.0. The third kappa shape index (κ3) is 8.25. The van der Waals surface area contributed by atoms with Gasteiger partial charge in [0.05, 0.1) is 12.7 Å². The van der Waals surface area contributed by atoms with Crippen LogP contribution in [0, 0.1) is 5.41 Å². The van der Waals surface area contributed by atoms with Crippen LogP contribution in [0.15, 0.2) is 42.6 Å². The summed E-state index contributed by atoms with van der Waals surface area (Å²) >= 11 is 0. The fourth-order valence-corrected chi connectivity index (χ4v) is 2.68. The monoisotopic (exact) mass is 444 g/mol. The predicted octanol–water partition coefficient (Wildman–Crippen LogP) is 3.44. The van der Waals surface area contributed by atoms with E-state index in [2.05, 4.69) is 31.1 Å². The van der Waals surface area contributed by atoms with Crippen molar-refractivity contribution in [1.82, 2.24) is 10.3 Å². The molecule has 0 unspecified atom stereocenters. The maximum Gasteiger partial charge on any atom is 0.341 e. The van der Waals surface area contributed by atoms with E-state index >= 15 is 0 Å². The quantitative estimate of drug-likeness (QED) is 0.534. The van der Waals surface area contributed by atoms with Crippen molar-refractivity contribution in [2.24, 2.45) is 5.41 Å². The van der Waals surface area contributed by atoms with E-state index in [4.69, 9.17) is 19.3 Å². The minimum absolute atomic E-state index is 0.00745. The van der Waals surface area contributed by atoms with Crippen molar-refractivity contribution in [2.75, 3.05) is 13.7 Å². The van der Waals surface area contributed by atoms with Crippen molar-refractivity contribution in [2.45, 2.75) is 39.7 Å². The van der Waals surface area contributed by atoms with Crippen molar-refractivity contribution in [1.29, 1.82) is 0 Å². The summed E-state index contributed by atoms with van der Waals surface area (Å²) in [4.78, 5) is 39.4. The van der Waals surface area contributed by atoms with E-state index in [-0.39, 0.29) is 16.9 Å². The molecular weight excluding hydrogens is 416 g/mol. The summed E-state index contributed by atoms with van der Waals surface area (Å²) in [5, 5.41) is 11.4. The third-order valence-corrected chi connectivity index (χ3v) is 4.36. The standard InChI is InChI=1S/C23H28N2O7/c1-23(2,3)11-10-18(22(29)30-4)25-21(28)15-8-9-19(24-13-15)32-17-7-5-6-16(12-17)31-14-20(26)27/h5-9,12-13,18H,10-11,14H2,1-4H3,(H,25,28)(H,26,27)/t18-/m0/s1. The molecule has 0 bridgehead atoms. The van der Waals surface area contributed by atoms with E-state index < -0.39 is 30.5 Å². The molecule has 2 rings (SSSR count). The minimum atomic E-state index is -1.08. The Labute approximate surface area is 186 Å². The third-order valence-electron chi connectivity index (χ3n) is 4.36. The molecule has 2 N–H and O–H groups in total. The molecule has 1 aromatic carbocycles. The molecule has 9 heteroatoms. The van der Waals surface area contributed by atoms with E-state index in [1.165, 1.54) is 31.5 Å². The second-order valence-electron chi connectivity index (χ2n) is 8.29. The van der Waals surface area contributed by atoms with Gasteiger partial charge < -0.3 is 24.6 Å². The maximum absolute atomic E-state index is 12.6. The fraction of sp³-hybridized carbons (Fsp3) is 0.391. The van der Waals surface area contributed by atoms with Crippen LogP contribution in [0.5, 0.6) is 17.4 Å². The smallest absolute Gasteiger partial charge is 0.341 e. The molecule has 9 nitrogen and oxygen atoms in total. The molecule has 0 aliphatic heterocycles. The molecular formula is C23H28N2O7. The summed E-state index contributed by atoms with van der Waals surface area (Å²) in [5.41, 5.74) is 0.272. The van der Waals surface area contributed by atoms with Crippen LogP contribution in [0.2, 0.25) is 0 Å². The number of nitrogens with zero attached hydrogens (tertiary/aromatic N) is 1. The van der Waals surface area contributed by atoms with Crippen molar-refractivity contribution < 1.29 is 33.7 Å². The van der Waals surface area contributed by atoms with Crippen LogP contribution in [0.1, 0.15) is 44.0 Å². The van der Waals surface area contributed by atoms with Crippen LogP contribution in [-0.2, 0) is 14.3 Å². The molecule has 1 heterocycles. The van der Waals surface area contributed by atoms with Gasteiger partial charge in [-0.15, -0.1) is 0 Å². The number of amides is 1. The first kappa shape index (κ1) is 24.6. The highest BCUT2D eigenvalue weighted by molar-refractivity contribution is 5.96. The molecule has 1 atom stereocenters. The number of benzene rings is 1. The van der Waals surface area contributed by atoms with E-state index in [1.807, 2.05) is 0 Å². The van der Waals surface area contributed by atoms with Crippen molar-refractivity contribution in [3.05, 3.63) is 48.2 Å². The Balaban J connectivity index is 2.01. The molecule has 1 amide bonds. The van der Waals surface area contributed by atoms with Crippen LogP contribution in [0.25, 0.3) is 0 Å². The van der Waals surface area contributed by atoms with E-state index in [1.54, 1.807) is 18.2 Å². The molecule has 2 aromatic rings. The molecule has 0 aliphatic carbocycles. The lowest BCUT2D eigenvalue weighted by Gasteiger charge is -2.22. The zero-order chi connectivity index (χ0) is 23.7. The Kier molecular flexibility index (Phi) is 8.57. The lowest BCUT2D eigenvalue weighted by atomic mass is 9.88. The number of nitrogens with one attached hydrogen (secondary N) is 1. The Morgan fingerprint density at radius 3 is 2.44 bits per heavy atom. The number of pyridine rings is 1. The van der Waals surface area contributed by atoms with Gasteiger partial charge in [-0.2, -0.15) is 0 Å². The largest absolute Gasteiger partial charge is 0.482 e. The Hall–Kier alpha value is -3.62. The van der Waals surface area contributed by atoms with Crippen LogP contribution in [-0.4, -0.2) is 47.7 Å². The number of carbonyl (C=O) groups is 3. The van der Waals surface area contributed by atoms with Gasteiger partial charge in [-0.25, -0.2) is 14.6 Å². The van der Waals surface area contributed by atoms with Gasteiger partial charge in [-0.05, 0) is 36.5 Å². The summed E-state index contributed by atoms with van der Waals surface area (Å²) < 4.78 is 15.5. The summed E-state index contributed by atoms with van der Waals surface area (Å²) in [6, 6.07) is 8.74. The van der Waals surface area contributed by atoms with Crippen molar-refractivity contribution in [3.63, 3.8) is 0 Å². The zero-order valence-electron chi connectivity index (χ0n) is 18.6. The lowest BCUT2D eigenvalue weighted by Crippen LogP contribution is -2.42. The van der Waals surface area contributed by atoms with Gasteiger partial charge in [0.1, 0.15) is 17.5 Å². The topological polar surface area (TPSA) is 124 Å². The second kappa shape index (κ2) is 11.1. The summed E-state index contributed by atoms with van der Waals surface area (Å²) in [5.74, 6) is -1.07. The van der Waals surface area contributed by atoms with E-state index in [0.717, 1.165) is 6.42 Å². The van der Waals surface area contributed by atoms with Gasteiger partial charge in [0.25, 0.3) is 5.91 Å². The highest BCUT2D eigenvalue weighted by atomic mass is 16.5. The number of esters is 1. The number of hydrogen-bond donors (Lipinski definition) is 2. The molecule has 0 aliphatic rings. The van der Waals surface area contributed by atoms with Crippen molar-refractivity contribution >= 4 is 17.8 Å². The van der Waals surface area contributed by atoms with Gasteiger partial charge in [0.2, 0.25) is 5.88 Å². The minimum Gasteiger partial charge on any atom is -0.482 e. The highest BCUT2D eigenvalue weighted by Crippen LogP contribution is 2.24. The van der Waals surface area contributed by atoms with Crippen LogP contribution in [0.3, 0.4) is 0 Å². The molecule has 1 aromatic heterocycles. The first-order valence-corrected chi connectivity index (χ1v) is 10.0. The van der Waals surface area contributed by atoms with Gasteiger partial charge in [-0.1, -0.05) is 26.8 Å². The molecule has 0 saturated heterocycles. The van der Waals surface area contributed by atoms with Crippen molar-refractivity contribution in [3.8, 4) is 17.4 Å². The maximum atomic E-state index is 12.6. The average Bonchev–Trinajstić information content (AvgIpc) is 2.74. The fourth-order valence-electron chi connectivity index (χ4n) is 2.68. The van der Waals surface area contributed by atoms with E-state index in [0.29, 0.717) is 17.9 Å². The summed E-state index contributed by atoms with van der Waals surface area (Å²) in [6.07, 6.45) is 2.53. The molecule has 0 radical (unpaired) electrons. The van der Waals surface area contributed by atoms with Crippen LogP contribution < -0.4 is 14.8 Å². The number of carbonyl (C=O) groups excluding carboxylic acids is 2. The van der Waals surface area contributed by atoms with Crippen LogP contribution >= 0.6 is 0 Å². The number of aliphatic carboxylic acids is 1. The summed E-state index contributed by atoms with van der Waals surface area (Å²) in [6.45, 7) is 5.70. The lowest BCUT2D eigenvalue weighted by molar-refractivity contribution is -0.143. The summed E-state index contributed by atoms with van der Waals surface area (Å²) in [7, 11) is 1.29. The molecule has 32 heavy (non-hydrogen) atoms. The SMILES string of the molecule is COC(=O)[C@H](CCC(C)(C)C)NC(=O)c1ccc(Oc2cccc(OCC(=O)O)c2)nc1.